The lowest BCUT2D eigenvalue weighted by molar-refractivity contribution is 0.00623. The number of esters is 1. The van der Waals surface area contributed by atoms with Crippen LogP contribution in [0.3, 0.4) is 0 Å². The molecule has 0 fully saturated rings. The van der Waals surface area contributed by atoms with Crippen molar-refractivity contribution in [3.63, 3.8) is 0 Å². The monoisotopic (exact) mass is 240 g/mol. The van der Waals surface area contributed by atoms with E-state index in [1.807, 2.05) is 0 Å². The third-order valence-corrected chi connectivity index (χ3v) is 1.65. The molecule has 0 spiro atoms. The fraction of sp³-hybridized carbons (Fsp3) is 0.545. The Balaban J connectivity index is 2.74. The van der Waals surface area contributed by atoms with Crippen molar-refractivity contribution in [3.05, 3.63) is 18.0 Å². The van der Waals surface area contributed by atoms with Crippen molar-refractivity contribution < 1.29 is 19.1 Å². The minimum absolute atomic E-state index is 0.0768. The third kappa shape index (κ3) is 3.90. The van der Waals surface area contributed by atoms with Gasteiger partial charge in [-0.05, 0) is 33.8 Å². The van der Waals surface area contributed by atoms with Gasteiger partial charge in [0.2, 0.25) is 0 Å². The first kappa shape index (κ1) is 13.2. The molecule has 1 heterocycles. The Bertz CT molecular complexity index is 417. The van der Waals surface area contributed by atoms with Gasteiger partial charge in [-0.3, -0.25) is 0 Å². The minimum atomic E-state index is -0.623. The summed E-state index contributed by atoms with van der Waals surface area (Å²) >= 11 is 0. The normalized spacial score (nSPS) is 11.1. The van der Waals surface area contributed by atoms with Gasteiger partial charge in [-0.25, -0.2) is 9.59 Å². The van der Waals surface area contributed by atoms with Crippen molar-refractivity contribution in [2.45, 2.75) is 33.3 Å². The van der Waals surface area contributed by atoms with Gasteiger partial charge >= 0.3 is 12.1 Å². The Morgan fingerprint density at radius 1 is 1.41 bits per heavy atom. The smallest absolute Gasteiger partial charge is 0.434 e. The molecule has 6 nitrogen and oxygen atoms in total. The molecule has 0 saturated carbocycles. The Morgan fingerprint density at radius 3 is 2.59 bits per heavy atom. The number of aromatic nitrogens is 2. The maximum Gasteiger partial charge on any atom is 0.434 e. The first-order valence-corrected chi connectivity index (χ1v) is 5.29. The lowest BCUT2D eigenvalue weighted by Crippen LogP contribution is -2.24. The van der Waals surface area contributed by atoms with Crippen molar-refractivity contribution in [1.82, 2.24) is 9.78 Å². The molecule has 0 bridgehead atoms. The molecule has 0 amide bonds. The largest absolute Gasteiger partial charge is 0.455 e. The molecule has 0 aliphatic heterocycles. The zero-order chi connectivity index (χ0) is 13.1. The lowest BCUT2D eigenvalue weighted by Gasteiger charge is -2.18. The van der Waals surface area contributed by atoms with Crippen molar-refractivity contribution in [3.8, 4) is 0 Å². The number of ether oxygens (including phenoxy) is 2. The molecule has 94 valence electrons. The zero-order valence-corrected chi connectivity index (χ0v) is 10.4. The maximum atomic E-state index is 11.6. The summed E-state index contributed by atoms with van der Waals surface area (Å²) in [5, 5.41) is 3.78. The average molecular weight is 240 g/mol. The van der Waals surface area contributed by atoms with Crippen LogP contribution >= 0.6 is 0 Å². The highest BCUT2D eigenvalue weighted by molar-refractivity contribution is 5.88. The van der Waals surface area contributed by atoms with Crippen molar-refractivity contribution in [2.75, 3.05) is 6.61 Å². The van der Waals surface area contributed by atoms with Crippen LogP contribution in [0.5, 0.6) is 0 Å². The van der Waals surface area contributed by atoms with E-state index in [4.69, 9.17) is 9.47 Å². The second-order valence-corrected chi connectivity index (χ2v) is 4.35. The first-order valence-electron chi connectivity index (χ1n) is 5.29. The van der Waals surface area contributed by atoms with Crippen LogP contribution in [0.25, 0.3) is 0 Å². The number of rotatable bonds is 2. The van der Waals surface area contributed by atoms with Crippen LogP contribution < -0.4 is 0 Å². The van der Waals surface area contributed by atoms with E-state index < -0.39 is 17.7 Å². The minimum Gasteiger partial charge on any atom is -0.455 e. The van der Waals surface area contributed by atoms with Crippen LogP contribution in [0, 0.1) is 0 Å². The standard InChI is InChI=1S/C11H16N2O4/c1-5-16-10(15)13-7-6-8(12-13)9(14)17-11(2,3)4/h6-7H,5H2,1-4H3. The van der Waals surface area contributed by atoms with Gasteiger partial charge < -0.3 is 9.47 Å². The van der Waals surface area contributed by atoms with Crippen molar-refractivity contribution in [2.24, 2.45) is 0 Å². The van der Waals surface area contributed by atoms with E-state index in [1.54, 1.807) is 27.7 Å². The van der Waals surface area contributed by atoms with E-state index in [2.05, 4.69) is 5.10 Å². The van der Waals surface area contributed by atoms with Crippen LogP contribution in [0.4, 0.5) is 4.79 Å². The molecule has 0 saturated heterocycles. The summed E-state index contributed by atoms with van der Waals surface area (Å²) in [5.41, 5.74) is -0.516. The topological polar surface area (TPSA) is 70.4 Å². The molecule has 1 aromatic heterocycles. The summed E-state index contributed by atoms with van der Waals surface area (Å²) in [6.07, 6.45) is 0.736. The second-order valence-electron chi connectivity index (χ2n) is 4.35. The molecular formula is C11H16N2O4. The molecule has 0 aliphatic carbocycles. The second kappa shape index (κ2) is 4.99. The highest BCUT2D eigenvalue weighted by Gasteiger charge is 2.20. The Hall–Kier alpha value is -1.85. The quantitative estimate of drug-likeness (QED) is 0.738. The van der Waals surface area contributed by atoms with E-state index >= 15 is 0 Å². The fourth-order valence-electron chi connectivity index (χ4n) is 1.05. The highest BCUT2D eigenvalue weighted by atomic mass is 16.6. The molecule has 0 radical (unpaired) electrons. The lowest BCUT2D eigenvalue weighted by atomic mass is 10.2. The van der Waals surface area contributed by atoms with Crippen LogP contribution in [0.1, 0.15) is 38.2 Å². The summed E-state index contributed by atoms with van der Waals surface area (Å²) in [6.45, 7) is 7.21. The predicted molar refractivity (Wildman–Crippen MR) is 59.8 cm³/mol. The number of hydrogen-bond donors (Lipinski definition) is 0. The maximum absolute atomic E-state index is 11.6. The van der Waals surface area contributed by atoms with E-state index in [-0.39, 0.29) is 12.3 Å². The summed E-state index contributed by atoms with van der Waals surface area (Å²) in [6, 6.07) is 1.41. The van der Waals surface area contributed by atoms with E-state index in [9.17, 15) is 9.59 Å². The molecule has 0 N–H and O–H groups in total. The summed E-state index contributed by atoms with van der Waals surface area (Å²) in [5.74, 6) is -0.569. The first-order chi connectivity index (χ1) is 7.83. The van der Waals surface area contributed by atoms with Gasteiger partial charge in [0.25, 0.3) is 0 Å². The molecule has 6 heteroatoms. The van der Waals surface area contributed by atoms with Crippen molar-refractivity contribution in [1.29, 1.82) is 0 Å². The number of carbonyl (C=O) groups excluding carboxylic acids is 2. The van der Waals surface area contributed by atoms with Gasteiger partial charge in [0, 0.05) is 6.20 Å². The molecule has 0 aromatic carbocycles. The van der Waals surface area contributed by atoms with Crippen LogP contribution in [0.2, 0.25) is 0 Å². The average Bonchev–Trinajstić information content (AvgIpc) is 2.63. The van der Waals surface area contributed by atoms with E-state index in [1.165, 1.54) is 12.3 Å². The predicted octanol–water partition coefficient (Wildman–Crippen LogP) is 1.84. The van der Waals surface area contributed by atoms with Gasteiger partial charge in [0.05, 0.1) is 6.61 Å². The molecule has 0 atom stereocenters. The highest BCUT2D eigenvalue weighted by Crippen LogP contribution is 2.10. The van der Waals surface area contributed by atoms with Gasteiger partial charge in [0.15, 0.2) is 5.69 Å². The van der Waals surface area contributed by atoms with Crippen LogP contribution in [-0.4, -0.2) is 34.1 Å². The summed E-state index contributed by atoms with van der Waals surface area (Å²) in [4.78, 5) is 22.9. The molecule has 1 aromatic rings. The van der Waals surface area contributed by atoms with Gasteiger partial charge in [-0.15, -0.1) is 0 Å². The Morgan fingerprint density at radius 2 is 2.06 bits per heavy atom. The molecule has 0 aliphatic rings. The summed E-state index contributed by atoms with van der Waals surface area (Å²) < 4.78 is 10.8. The van der Waals surface area contributed by atoms with Gasteiger partial charge in [0.1, 0.15) is 5.60 Å². The van der Waals surface area contributed by atoms with Crippen molar-refractivity contribution >= 4 is 12.1 Å². The molecule has 1 rings (SSSR count). The number of nitrogens with zero attached hydrogens (tertiary/aromatic N) is 2. The number of carbonyl (C=O) groups is 2. The molecule has 0 unspecified atom stereocenters. The van der Waals surface area contributed by atoms with Crippen LogP contribution in [-0.2, 0) is 9.47 Å². The van der Waals surface area contributed by atoms with E-state index in [0.29, 0.717) is 0 Å². The molecule has 17 heavy (non-hydrogen) atoms. The van der Waals surface area contributed by atoms with E-state index in [0.717, 1.165) is 4.68 Å². The summed E-state index contributed by atoms with van der Waals surface area (Å²) in [7, 11) is 0. The van der Waals surface area contributed by atoms with Crippen LogP contribution in [0.15, 0.2) is 12.3 Å². The third-order valence-electron chi connectivity index (χ3n) is 1.65. The Kier molecular flexibility index (Phi) is 3.88. The molecular weight excluding hydrogens is 224 g/mol. The van der Waals surface area contributed by atoms with Gasteiger partial charge in [-0.1, -0.05) is 0 Å². The number of hydrogen-bond acceptors (Lipinski definition) is 5. The SMILES string of the molecule is CCOC(=O)n1ccc(C(=O)OC(C)(C)C)n1. The zero-order valence-electron chi connectivity index (χ0n) is 10.4. The van der Waals surface area contributed by atoms with Gasteiger partial charge in [-0.2, -0.15) is 9.78 Å². The Labute approximate surface area is 99.5 Å². The fourth-order valence-corrected chi connectivity index (χ4v) is 1.05.